The number of hydrogen-bond acceptors (Lipinski definition) is 4. The summed E-state index contributed by atoms with van der Waals surface area (Å²) in [5.41, 5.74) is 0. The summed E-state index contributed by atoms with van der Waals surface area (Å²) in [7, 11) is 0. The first kappa shape index (κ1) is 15.5. The summed E-state index contributed by atoms with van der Waals surface area (Å²) in [6.45, 7) is 4.14. The van der Waals surface area contributed by atoms with Gasteiger partial charge in [-0.15, -0.1) is 12.4 Å². The Bertz CT molecular complexity index is 250. The van der Waals surface area contributed by atoms with Crippen LogP contribution >= 0.6 is 35.9 Å². The summed E-state index contributed by atoms with van der Waals surface area (Å²) < 4.78 is 0. The maximum absolute atomic E-state index is 12.1. The highest BCUT2D eigenvalue weighted by Gasteiger charge is 2.26. The Morgan fingerprint density at radius 3 is 2.76 bits per heavy atom. The molecule has 6 heteroatoms. The Labute approximate surface area is 118 Å². The lowest BCUT2D eigenvalue weighted by Gasteiger charge is -2.34. The van der Waals surface area contributed by atoms with Gasteiger partial charge in [0.25, 0.3) is 0 Å². The summed E-state index contributed by atoms with van der Waals surface area (Å²) in [4.78, 5) is 14.2. The molecule has 0 aliphatic carbocycles. The predicted octanol–water partition coefficient (Wildman–Crippen LogP) is 1.47. The molecule has 2 atom stereocenters. The number of amides is 1. The van der Waals surface area contributed by atoms with Crippen LogP contribution in [0.4, 0.5) is 0 Å². The molecule has 1 N–H and O–H groups in total. The number of nitrogens with zero attached hydrogens (tertiary/aromatic N) is 1. The maximum atomic E-state index is 12.1. The normalized spacial score (nSPS) is 29.6. The van der Waals surface area contributed by atoms with Crippen LogP contribution in [0.2, 0.25) is 0 Å². The van der Waals surface area contributed by atoms with Gasteiger partial charge < -0.3 is 10.2 Å². The Morgan fingerprint density at radius 2 is 2.12 bits per heavy atom. The van der Waals surface area contributed by atoms with E-state index in [0.29, 0.717) is 24.4 Å². The number of halogens is 1. The third-order valence-electron chi connectivity index (χ3n) is 3.11. The minimum atomic E-state index is 0. The average Bonchev–Trinajstić information content (AvgIpc) is 2.31. The third-order valence-corrected chi connectivity index (χ3v) is 5.43. The molecule has 0 saturated carbocycles. The quantitative estimate of drug-likeness (QED) is 0.836. The molecule has 2 unspecified atom stereocenters. The van der Waals surface area contributed by atoms with Crippen LogP contribution in [0.1, 0.15) is 13.3 Å². The first-order valence-corrected chi connectivity index (χ1v) is 8.26. The lowest BCUT2D eigenvalue weighted by Crippen LogP contribution is -2.48. The lowest BCUT2D eigenvalue weighted by atomic mass is 10.2. The smallest absolute Gasteiger partial charge is 0.224 e. The van der Waals surface area contributed by atoms with E-state index in [4.69, 9.17) is 0 Å². The van der Waals surface area contributed by atoms with Gasteiger partial charge in [-0.2, -0.15) is 23.5 Å². The molecule has 0 radical (unpaired) electrons. The number of thioether (sulfide) groups is 2. The van der Waals surface area contributed by atoms with Gasteiger partial charge in [-0.3, -0.25) is 4.79 Å². The second-order valence-electron chi connectivity index (χ2n) is 4.44. The van der Waals surface area contributed by atoms with Crippen molar-refractivity contribution in [1.29, 1.82) is 0 Å². The van der Waals surface area contributed by atoms with Gasteiger partial charge in [-0.1, -0.05) is 0 Å². The summed E-state index contributed by atoms with van der Waals surface area (Å²) in [5, 5.41) is 3.43. The van der Waals surface area contributed by atoms with E-state index in [1.165, 1.54) is 5.75 Å². The average molecular weight is 297 g/mol. The summed E-state index contributed by atoms with van der Waals surface area (Å²) in [6, 6.07) is 0.815. The van der Waals surface area contributed by atoms with Gasteiger partial charge in [-0.25, -0.2) is 0 Å². The van der Waals surface area contributed by atoms with Crippen molar-refractivity contribution in [3.63, 3.8) is 0 Å². The molecule has 2 aliphatic heterocycles. The molecule has 17 heavy (non-hydrogen) atoms. The minimum Gasteiger partial charge on any atom is -0.338 e. The van der Waals surface area contributed by atoms with Crippen molar-refractivity contribution in [2.24, 2.45) is 0 Å². The van der Waals surface area contributed by atoms with E-state index in [1.54, 1.807) is 0 Å². The van der Waals surface area contributed by atoms with E-state index in [2.05, 4.69) is 17.1 Å². The first-order valence-electron chi connectivity index (χ1n) is 5.95. The Kier molecular flexibility index (Phi) is 7.07. The van der Waals surface area contributed by atoms with Gasteiger partial charge in [0.1, 0.15) is 0 Å². The molecule has 2 fully saturated rings. The number of hydrogen-bond donors (Lipinski definition) is 1. The van der Waals surface area contributed by atoms with Gasteiger partial charge in [0.05, 0.1) is 0 Å². The molecule has 0 aromatic heterocycles. The second-order valence-corrected chi connectivity index (χ2v) is 6.74. The molecule has 1 amide bonds. The summed E-state index contributed by atoms with van der Waals surface area (Å²) in [5.74, 6) is 4.80. The molecule has 3 nitrogen and oxygen atoms in total. The van der Waals surface area contributed by atoms with Gasteiger partial charge in [0.2, 0.25) is 5.91 Å². The summed E-state index contributed by atoms with van der Waals surface area (Å²) in [6.07, 6.45) is 0.683. The molecular weight excluding hydrogens is 276 g/mol. The van der Waals surface area contributed by atoms with Crippen molar-refractivity contribution >= 4 is 41.8 Å². The molecule has 0 bridgehead atoms. The van der Waals surface area contributed by atoms with E-state index >= 15 is 0 Å². The van der Waals surface area contributed by atoms with Crippen LogP contribution < -0.4 is 5.32 Å². The SMILES string of the molecule is CC1CSCCN1C(=O)CC1CSCCN1.Cl. The zero-order valence-electron chi connectivity index (χ0n) is 10.2. The number of rotatable bonds is 2. The van der Waals surface area contributed by atoms with E-state index in [9.17, 15) is 4.79 Å². The molecule has 0 aromatic rings. The monoisotopic (exact) mass is 296 g/mol. The number of carbonyl (C=O) groups is 1. The van der Waals surface area contributed by atoms with Crippen LogP contribution in [0.15, 0.2) is 0 Å². The van der Waals surface area contributed by atoms with Gasteiger partial charge in [-0.05, 0) is 6.92 Å². The zero-order valence-corrected chi connectivity index (χ0v) is 12.6. The van der Waals surface area contributed by atoms with Crippen LogP contribution in [0, 0.1) is 0 Å². The van der Waals surface area contributed by atoms with E-state index in [-0.39, 0.29) is 12.4 Å². The van der Waals surface area contributed by atoms with Crippen LogP contribution in [0.25, 0.3) is 0 Å². The van der Waals surface area contributed by atoms with Crippen LogP contribution in [0.3, 0.4) is 0 Å². The molecule has 0 spiro atoms. The standard InChI is InChI=1S/C11H20N2OS2.ClH/c1-9-7-16-5-3-13(9)11(14)6-10-8-15-4-2-12-10;/h9-10,12H,2-8H2,1H3;1H. The fraction of sp³-hybridized carbons (Fsp3) is 0.909. The van der Waals surface area contributed by atoms with Gasteiger partial charge in [0.15, 0.2) is 0 Å². The zero-order chi connectivity index (χ0) is 11.4. The van der Waals surface area contributed by atoms with Crippen molar-refractivity contribution in [3.05, 3.63) is 0 Å². The lowest BCUT2D eigenvalue weighted by molar-refractivity contribution is -0.133. The van der Waals surface area contributed by atoms with Crippen LogP contribution in [0.5, 0.6) is 0 Å². The molecule has 0 aromatic carbocycles. The molecule has 2 heterocycles. The topological polar surface area (TPSA) is 32.3 Å². The predicted molar refractivity (Wildman–Crippen MR) is 79.5 cm³/mol. The van der Waals surface area contributed by atoms with Crippen molar-refractivity contribution in [3.8, 4) is 0 Å². The molecule has 100 valence electrons. The third kappa shape index (κ3) is 4.54. The Morgan fingerprint density at radius 1 is 1.35 bits per heavy atom. The number of nitrogens with one attached hydrogen (secondary N) is 1. The first-order chi connectivity index (χ1) is 7.77. The molecule has 2 saturated heterocycles. The Hall–Kier alpha value is 0.420. The van der Waals surface area contributed by atoms with E-state index in [1.807, 2.05) is 23.5 Å². The highest BCUT2D eigenvalue weighted by Crippen LogP contribution is 2.18. The maximum Gasteiger partial charge on any atom is 0.224 e. The second kappa shape index (κ2) is 7.77. The van der Waals surface area contributed by atoms with E-state index in [0.717, 1.165) is 30.3 Å². The molecule has 2 aliphatic rings. The van der Waals surface area contributed by atoms with Crippen molar-refractivity contribution in [2.45, 2.75) is 25.4 Å². The van der Waals surface area contributed by atoms with Crippen molar-refractivity contribution in [2.75, 3.05) is 36.1 Å². The Balaban J connectivity index is 0.00000144. The fourth-order valence-corrected chi connectivity index (χ4v) is 4.14. The molecular formula is C11H21ClN2OS2. The minimum absolute atomic E-state index is 0. The number of carbonyl (C=O) groups excluding carboxylic acids is 1. The van der Waals surface area contributed by atoms with Crippen molar-refractivity contribution in [1.82, 2.24) is 10.2 Å². The van der Waals surface area contributed by atoms with E-state index < -0.39 is 0 Å². The largest absolute Gasteiger partial charge is 0.338 e. The highest BCUT2D eigenvalue weighted by molar-refractivity contribution is 7.99. The van der Waals surface area contributed by atoms with Crippen molar-refractivity contribution < 1.29 is 4.79 Å². The van der Waals surface area contributed by atoms with Crippen LogP contribution in [-0.4, -0.2) is 59.0 Å². The highest BCUT2D eigenvalue weighted by atomic mass is 35.5. The molecule has 2 rings (SSSR count). The van der Waals surface area contributed by atoms with Gasteiger partial charge in [0, 0.05) is 54.6 Å². The van der Waals surface area contributed by atoms with Gasteiger partial charge >= 0.3 is 0 Å². The fourth-order valence-electron chi connectivity index (χ4n) is 2.18. The van der Waals surface area contributed by atoms with Crippen LogP contribution in [-0.2, 0) is 4.79 Å². The summed E-state index contributed by atoms with van der Waals surface area (Å²) >= 11 is 3.91.